The van der Waals surface area contributed by atoms with Crippen molar-refractivity contribution in [3.63, 3.8) is 0 Å². The number of primary amides is 1. The first kappa shape index (κ1) is 19.6. The summed E-state index contributed by atoms with van der Waals surface area (Å²) in [6.07, 6.45) is 5.65. The third kappa shape index (κ3) is 4.87. The molecule has 1 aliphatic heterocycles. The summed E-state index contributed by atoms with van der Waals surface area (Å²) in [5.41, 5.74) is 8.03. The van der Waals surface area contributed by atoms with Crippen LogP contribution in [-0.4, -0.2) is 41.4 Å². The molecule has 0 aromatic heterocycles. The molecule has 0 fully saturated rings. The van der Waals surface area contributed by atoms with Gasteiger partial charge in [0.2, 0.25) is 5.91 Å². The highest BCUT2D eigenvalue weighted by atomic mass is 32.2. The maximum Gasteiger partial charge on any atom is 0.233 e. The largest absolute Gasteiger partial charge is 0.368 e. The van der Waals surface area contributed by atoms with E-state index < -0.39 is 4.75 Å². The number of benzene rings is 1. The fraction of sp³-hybridized carbons (Fsp3) is 0.450. The van der Waals surface area contributed by atoms with Crippen molar-refractivity contribution in [3.05, 3.63) is 41.2 Å². The molecular weight excluding hydrogens is 335 g/mol. The number of nitrogens with zero attached hydrogens (tertiary/aromatic N) is 1. The molecule has 3 nitrogen and oxygen atoms in total. The summed E-state index contributed by atoms with van der Waals surface area (Å²) in [6.45, 7) is 6.12. The first-order chi connectivity index (χ1) is 11.9. The Hall–Kier alpha value is -1.77. The van der Waals surface area contributed by atoms with Gasteiger partial charge in [-0.2, -0.15) is 0 Å². The normalized spacial score (nSPS) is 17.2. The van der Waals surface area contributed by atoms with Gasteiger partial charge in [0.25, 0.3) is 0 Å². The Morgan fingerprint density at radius 2 is 2.24 bits per heavy atom. The lowest BCUT2D eigenvalue weighted by Crippen LogP contribution is -2.41. The third-order valence-electron chi connectivity index (χ3n) is 4.77. The van der Waals surface area contributed by atoms with Crippen molar-refractivity contribution < 1.29 is 9.18 Å². The molecule has 0 aliphatic carbocycles. The van der Waals surface area contributed by atoms with E-state index in [1.54, 1.807) is 19.1 Å². The van der Waals surface area contributed by atoms with Crippen LogP contribution in [0.1, 0.15) is 37.8 Å². The first-order valence-electron chi connectivity index (χ1n) is 8.38. The Bertz CT molecular complexity index is 735. The number of halogens is 1. The Morgan fingerprint density at radius 3 is 2.76 bits per heavy atom. The molecule has 1 heterocycles. The van der Waals surface area contributed by atoms with Gasteiger partial charge in [-0.1, -0.05) is 18.1 Å². The van der Waals surface area contributed by atoms with Gasteiger partial charge in [-0.25, -0.2) is 4.39 Å². The summed E-state index contributed by atoms with van der Waals surface area (Å²) in [7, 11) is 0. The zero-order valence-electron chi connectivity index (χ0n) is 15.1. The summed E-state index contributed by atoms with van der Waals surface area (Å²) in [6, 6.07) is 5.24. The van der Waals surface area contributed by atoms with Gasteiger partial charge in [-0.15, -0.1) is 17.7 Å². The number of amides is 1. The lowest BCUT2D eigenvalue weighted by atomic mass is 9.97. The maximum absolute atomic E-state index is 14.0. The Labute approximate surface area is 153 Å². The minimum atomic E-state index is -0.525. The molecule has 0 saturated carbocycles. The molecule has 2 N–H and O–H groups in total. The molecule has 2 rings (SSSR count). The molecule has 5 heteroatoms. The number of nitrogens with two attached hydrogens (primary N) is 1. The summed E-state index contributed by atoms with van der Waals surface area (Å²) in [5, 5.41) is 0. The second-order valence-corrected chi connectivity index (χ2v) is 7.71. The van der Waals surface area contributed by atoms with Crippen LogP contribution >= 0.6 is 11.8 Å². The standard InChI is InChI=1S/C20H25FN2OS/c1-4-5-16-6-7-17(14-18(16)21)15-8-11-23(12-9-15)13-10-20(2,25-3)19(22)24/h6-8,14H,9-13H2,1-3H3,(H2,22,24). The van der Waals surface area contributed by atoms with Crippen molar-refractivity contribution in [2.24, 2.45) is 5.73 Å². The minimum absolute atomic E-state index is 0.265. The molecule has 1 aliphatic rings. The van der Waals surface area contributed by atoms with Gasteiger partial charge in [0.05, 0.1) is 10.3 Å². The Balaban J connectivity index is 1.99. The molecule has 0 spiro atoms. The van der Waals surface area contributed by atoms with E-state index >= 15 is 0 Å². The van der Waals surface area contributed by atoms with Gasteiger partial charge in [-0.05, 0) is 56.2 Å². The second kappa shape index (κ2) is 8.55. The lowest BCUT2D eigenvalue weighted by Gasteiger charge is -2.30. The van der Waals surface area contributed by atoms with E-state index in [0.717, 1.165) is 43.6 Å². The number of rotatable bonds is 6. The topological polar surface area (TPSA) is 46.3 Å². The van der Waals surface area contributed by atoms with E-state index in [4.69, 9.17) is 5.73 Å². The average Bonchev–Trinajstić information content (AvgIpc) is 2.62. The van der Waals surface area contributed by atoms with Crippen LogP contribution in [0.15, 0.2) is 24.3 Å². The van der Waals surface area contributed by atoms with Gasteiger partial charge >= 0.3 is 0 Å². The highest BCUT2D eigenvalue weighted by Gasteiger charge is 2.30. The molecule has 0 bridgehead atoms. The van der Waals surface area contributed by atoms with Crippen LogP contribution in [0.4, 0.5) is 4.39 Å². The predicted molar refractivity (Wildman–Crippen MR) is 104 cm³/mol. The SMILES string of the molecule is CC#Cc1ccc(C2=CCN(CCC(C)(SC)C(N)=O)CC2)cc1F. The number of hydrogen-bond acceptors (Lipinski definition) is 3. The van der Waals surface area contributed by atoms with Gasteiger partial charge < -0.3 is 5.73 Å². The third-order valence-corrected chi connectivity index (χ3v) is 6.08. The second-order valence-electron chi connectivity index (χ2n) is 6.40. The molecule has 25 heavy (non-hydrogen) atoms. The van der Waals surface area contributed by atoms with Crippen molar-refractivity contribution in [1.29, 1.82) is 0 Å². The van der Waals surface area contributed by atoms with Crippen molar-refractivity contribution in [2.75, 3.05) is 25.9 Å². The number of hydrogen-bond donors (Lipinski definition) is 1. The molecule has 1 amide bonds. The average molecular weight is 360 g/mol. The van der Waals surface area contributed by atoms with Crippen LogP contribution in [0, 0.1) is 17.7 Å². The molecular formula is C20H25FN2OS. The number of thioether (sulfide) groups is 1. The fourth-order valence-electron chi connectivity index (χ4n) is 2.82. The van der Waals surface area contributed by atoms with E-state index in [0.29, 0.717) is 5.56 Å². The zero-order valence-corrected chi connectivity index (χ0v) is 15.9. The van der Waals surface area contributed by atoms with Gasteiger partial charge in [0.1, 0.15) is 5.82 Å². The van der Waals surface area contributed by atoms with E-state index in [1.165, 1.54) is 11.8 Å². The van der Waals surface area contributed by atoms with Crippen LogP contribution in [0.3, 0.4) is 0 Å². The van der Waals surface area contributed by atoms with Crippen molar-refractivity contribution in [2.45, 2.75) is 31.4 Å². The van der Waals surface area contributed by atoms with Crippen molar-refractivity contribution in [1.82, 2.24) is 4.90 Å². The Kier molecular flexibility index (Phi) is 6.69. The van der Waals surface area contributed by atoms with E-state index in [1.807, 2.05) is 19.2 Å². The summed E-state index contributed by atoms with van der Waals surface area (Å²) in [5.74, 6) is 4.95. The monoisotopic (exact) mass is 360 g/mol. The fourth-order valence-corrected chi connectivity index (χ4v) is 3.32. The number of carbonyl (C=O) groups is 1. The van der Waals surface area contributed by atoms with Crippen LogP contribution in [0.5, 0.6) is 0 Å². The van der Waals surface area contributed by atoms with Crippen LogP contribution < -0.4 is 5.73 Å². The molecule has 1 aromatic rings. The molecule has 0 saturated heterocycles. The van der Waals surface area contributed by atoms with E-state index in [-0.39, 0.29) is 11.7 Å². The molecule has 1 atom stereocenters. The van der Waals surface area contributed by atoms with Crippen molar-refractivity contribution in [3.8, 4) is 11.8 Å². The summed E-state index contributed by atoms with van der Waals surface area (Å²) in [4.78, 5) is 13.9. The quantitative estimate of drug-likeness (QED) is 0.792. The molecule has 1 unspecified atom stereocenters. The molecule has 0 radical (unpaired) electrons. The number of carbonyl (C=O) groups excluding carboxylic acids is 1. The lowest BCUT2D eigenvalue weighted by molar-refractivity contribution is -0.120. The highest BCUT2D eigenvalue weighted by Crippen LogP contribution is 2.28. The van der Waals surface area contributed by atoms with Crippen LogP contribution in [0.25, 0.3) is 5.57 Å². The summed E-state index contributed by atoms with van der Waals surface area (Å²) < 4.78 is 13.5. The molecule has 1 aromatic carbocycles. The Morgan fingerprint density at radius 1 is 1.48 bits per heavy atom. The first-order valence-corrected chi connectivity index (χ1v) is 9.61. The highest BCUT2D eigenvalue weighted by molar-refractivity contribution is 8.00. The van der Waals surface area contributed by atoms with Crippen molar-refractivity contribution >= 4 is 23.2 Å². The van der Waals surface area contributed by atoms with Gasteiger partial charge in [0.15, 0.2) is 0 Å². The predicted octanol–water partition coefficient (Wildman–Crippen LogP) is 3.28. The van der Waals surface area contributed by atoms with E-state index in [9.17, 15) is 9.18 Å². The van der Waals surface area contributed by atoms with Gasteiger partial charge in [-0.3, -0.25) is 9.69 Å². The smallest absolute Gasteiger partial charge is 0.233 e. The molecule has 134 valence electrons. The van der Waals surface area contributed by atoms with Crippen LogP contribution in [0.2, 0.25) is 0 Å². The van der Waals surface area contributed by atoms with Gasteiger partial charge in [0, 0.05) is 19.6 Å². The minimum Gasteiger partial charge on any atom is -0.368 e. The van der Waals surface area contributed by atoms with E-state index in [2.05, 4.69) is 22.8 Å². The summed E-state index contributed by atoms with van der Waals surface area (Å²) >= 11 is 1.50. The maximum atomic E-state index is 14.0. The van der Waals surface area contributed by atoms with Crippen LogP contribution in [-0.2, 0) is 4.79 Å². The zero-order chi connectivity index (χ0) is 18.4.